The second-order valence-corrected chi connectivity index (χ2v) is 7.81. The van der Waals surface area contributed by atoms with E-state index in [1.165, 1.54) is 18.5 Å². The lowest BCUT2D eigenvalue weighted by molar-refractivity contribution is 0.102. The molecule has 1 saturated heterocycles. The summed E-state index contributed by atoms with van der Waals surface area (Å²) in [4.78, 5) is 36.1. The number of pyridine rings is 2. The number of hydrogen-bond acceptors (Lipinski definition) is 6. The number of halogens is 1. The normalized spacial score (nSPS) is 14.3. The zero-order valence-corrected chi connectivity index (χ0v) is 18.0. The van der Waals surface area contributed by atoms with E-state index in [9.17, 15) is 14.0 Å². The molecule has 4 rings (SSSR count). The maximum absolute atomic E-state index is 14.2. The molecule has 1 fully saturated rings. The molecule has 0 saturated carbocycles. The van der Waals surface area contributed by atoms with E-state index >= 15 is 0 Å². The van der Waals surface area contributed by atoms with Crippen LogP contribution in [0.4, 0.5) is 27.1 Å². The Morgan fingerprint density at radius 2 is 1.81 bits per heavy atom. The number of aryl methyl sites for hydroxylation is 1. The summed E-state index contributed by atoms with van der Waals surface area (Å²) in [5.74, 6) is -1.31. The molecule has 1 amide bonds. The first-order chi connectivity index (χ1) is 15.4. The number of aromatic nitrogens is 2. The molecule has 2 aromatic heterocycles. The summed E-state index contributed by atoms with van der Waals surface area (Å²) >= 11 is 0. The van der Waals surface area contributed by atoms with Crippen molar-refractivity contribution >= 4 is 28.7 Å². The van der Waals surface area contributed by atoms with E-state index in [1.54, 1.807) is 25.1 Å². The summed E-state index contributed by atoms with van der Waals surface area (Å²) in [6, 6.07) is 10.7. The largest absolute Gasteiger partial charge is 0.369 e. The van der Waals surface area contributed by atoms with Crippen LogP contribution in [0.5, 0.6) is 0 Å². The summed E-state index contributed by atoms with van der Waals surface area (Å²) in [6.07, 6.45) is 2.75. The van der Waals surface area contributed by atoms with E-state index < -0.39 is 17.4 Å². The van der Waals surface area contributed by atoms with Gasteiger partial charge in [-0.3, -0.25) is 9.59 Å². The zero-order valence-electron chi connectivity index (χ0n) is 18.0. The Labute approximate surface area is 185 Å². The standard InChI is InChI=1S/C23H25FN6O2/c1-15-7-9-25-21(24)20(15)28-18-8-10-26-22(31)19(18)23(32)27-16-3-5-17(6-4-16)30-13-11-29(2)12-14-30/h3-10H,11-14H2,1-2H3,(H,27,32)(H2,26,28,31). The molecular weight excluding hydrogens is 411 g/mol. The Morgan fingerprint density at radius 3 is 2.50 bits per heavy atom. The molecule has 0 unspecified atom stereocenters. The van der Waals surface area contributed by atoms with E-state index in [1.807, 2.05) is 12.1 Å². The lowest BCUT2D eigenvalue weighted by Crippen LogP contribution is -2.44. The Bertz CT molecular complexity index is 1150. The third kappa shape index (κ3) is 4.62. The number of piperazine rings is 1. The van der Waals surface area contributed by atoms with Crippen molar-refractivity contribution in [2.75, 3.05) is 48.8 Å². The Balaban J connectivity index is 1.53. The minimum absolute atomic E-state index is 0.115. The number of anilines is 4. The zero-order chi connectivity index (χ0) is 22.7. The van der Waals surface area contributed by atoms with Crippen LogP contribution >= 0.6 is 0 Å². The van der Waals surface area contributed by atoms with Gasteiger partial charge in [0.05, 0.1) is 11.4 Å². The van der Waals surface area contributed by atoms with E-state index in [-0.39, 0.29) is 16.9 Å². The van der Waals surface area contributed by atoms with Crippen molar-refractivity contribution in [1.82, 2.24) is 14.9 Å². The van der Waals surface area contributed by atoms with Gasteiger partial charge in [0, 0.05) is 49.9 Å². The van der Waals surface area contributed by atoms with Crippen LogP contribution in [0.1, 0.15) is 15.9 Å². The predicted octanol–water partition coefficient (Wildman–Crippen LogP) is 2.97. The van der Waals surface area contributed by atoms with Crippen molar-refractivity contribution in [1.29, 1.82) is 0 Å². The molecule has 1 aliphatic heterocycles. The van der Waals surface area contributed by atoms with Gasteiger partial charge in [0.15, 0.2) is 0 Å². The second-order valence-electron chi connectivity index (χ2n) is 7.81. The van der Waals surface area contributed by atoms with Crippen LogP contribution in [0.3, 0.4) is 0 Å². The van der Waals surface area contributed by atoms with Gasteiger partial charge in [-0.1, -0.05) is 0 Å². The maximum Gasteiger partial charge on any atom is 0.263 e. The molecule has 8 nitrogen and oxygen atoms in total. The first-order valence-corrected chi connectivity index (χ1v) is 10.4. The van der Waals surface area contributed by atoms with Gasteiger partial charge in [-0.05, 0) is 55.9 Å². The maximum atomic E-state index is 14.2. The van der Waals surface area contributed by atoms with E-state index in [0.717, 1.165) is 31.9 Å². The number of amides is 1. The lowest BCUT2D eigenvalue weighted by atomic mass is 10.1. The highest BCUT2D eigenvalue weighted by molar-refractivity contribution is 6.08. The molecule has 3 N–H and O–H groups in total. The fourth-order valence-corrected chi connectivity index (χ4v) is 3.63. The number of H-pyrrole nitrogens is 1. The highest BCUT2D eigenvalue weighted by Crippen LogP contribution is 2.24. The number of benzene rings is 1. The SMILES string of the molecule is Cc1ccnc(F)c1Nc1cc[nH]c(=O)c1C(=O)Nc1ccc(N2CCN(C)CC2)cc1. The molecule has 0 aliphatic carbocycles. The van der Waals surface area contributed by atoms with Crippen LogP contribution in [0.25, 0.3) is 0 Å². The first kappa shape index (κ1) is 21.5. The molecular formula is C23H25FN6O2. The molecule has 9 heteroatoms. The number of carbonyl (C=O) groups excluding carboxylic acids is 1. The van der Waals surface area contributed by atoms with Crippen molar-refractivity contribution in [3.8, 4) is 0 Å². The van der Waals surface area contributed by atoms with Gasteiger partial charge in [0.1, 0.15) is 5.56 Å². The van der Waals surface area contributed by atoms with Crippen molar-refractivity contribution < 1.29 is 9.18 Å². The number of carbonyl (C=O) groups is 1. The molecule has 0 radical (unpaired) electrons. The molecule has 1 aromatic carbocycles. The first-order valence-electron chi connectivity index (χ1n) is 10.4. The lowest BCUT2D eigenvalue weighted by Gasteiger charge is -2.34. The third-order valence-corrected chi connectivity index (χ3v) is 5.55. The van der Waals surface area contributed by atoms with Crippen molar-refractivity contribution in [2.24, 2.45) is 0 Å². The number of rotatable bonds is 5. The summed E-state index contributed by atoms with van der Waals surface area (Å²) in [5, 5.41) is 5.60. The quantitative estimate of drug-likeness (QED) is 0.533. The van der Waals surface area contributed by atoms with E-state index in [4.69, 9.17) is 0 Å². The van der Waals surface area contributed by atoms with Crippen molar-refractivity contribution in [3.63, 3.8) is 0 Å². The summed E-state index contributed by atoms with van der Waals surface area (Å²) in [6.45, 7) is 5.61. The van der Waals surface area contributed by atoms with Crippen LogP contribution < -0.4 is 21.1 Å². The van der Waals surface area contributed by atoms with E-state index in [0.29, 0.717) is 11.3 Å². The van der Waals surface area contributed by atoms with Crippen molar-refractivity contribution in [3.05, 3.63) is 76.2 Å². The molecule has 3 heterocycles. The minimum atomic E-state index is -0.712. The highest BCUT2D eigenvalue weighted by atomic mass is 19.1. The Morgan fingerprint density at radius 1 is 1.09 bits per heavy atom. The fraction of sp³-hybridized carbons (Fsp3) is 0.261. The summed E-state index contributed by atoms with van der Waals surface area (Å²) in [5.41, 5.74) is 1.83. The Kier molecular flexibility index (Phi) is 6.18. The van der Waals surface area contributed by atoms with Crippen LogP contribution in [-0.2, 0) is 0 Å². The second kappa shape index (κ2) is 9.19. The van der Waals surface area contributed by atoms with Gasteiger partial charge in [-0.25, -0.2) is 4.98 Å². The van der Waals surface area contributed by atoms with Gasteiger partial charge in [0.25, 0.3) is 11.5 Å². The average Bonchev–Trinajstić information content (AvgIpc) is 2.77. The molecule has 0 bridgehead atoms. The molecule has 166 valence electrons. The summed E-state index contributed by atoms with van der Waals surface area (Å²) < 4.78 is 14.2. The van der Waals surface area contributed by atoms with Crippen LogP contribution in [-0.4, -0.2) is 54.0 Å². The topological polar surface area (TPSA) is 93.4 Å². The molecule has 0 atom stereocenters. The highest BCUT2D eigenvalue weighted by Gasteiger charge is 2.19. The number of likely N-dealkylation sites (N-methyl/N-ethyl adjacent to an activating group) is 1. The third-order valence-electron chi connectivity index (χ3n) is 5.55. The minimum Gasteiger partial charge on any atom is -0.369 e. The van der Waals surface area contributed by atoms with Gasteiger partial charge in [0.2, 0.25) is 5.95 Å². The number of hydrogen-bond donors (Lipinski definition) is 3. The number of aromatic amines is 1. The Hall–Kier alpha value is -3.72. The molecule has 1 aliphatic rings. The van der Waals surface area contributed by atoms with Crippen LogP contribution in [0.15, 0.2) is 53.6 Å². The van der Waals surface area contributed by atoms with Crippen LogP contribution in [0, 0.1) is 12.9 Å². The molecule has 0 spiro atoms. The van der Waals surface area contributed by atoms with Crippen molar-refractivity contribution in [2.45, 2.75) is 6.92 Å². The average molecular weight is 436 g/mol. The summed E-state index contributed by atoms with van der Waals surface area (Å²) in [7, 11) is 2.11. The van der Waals surface area contributed by atoms with Crippen LogP contribution in [0.2, 0.25) is 0 Å². The van der Waals surface area contributed by atoms with Gasteiger partial charge >= 0.3 is 0 Å². The number of nitrogens with one attached hydrogen (secondary N) is 3. The van der Waals surface area contributed by atoms with Gasteiger partial charge in [-0.15, -0.1) is 0 Å². The van der Waals surface area contributed by atoms with E-state index in [2.05, 4.69) is 37.4 Å². The predicted molar refractivity (Wildman–Crippen MR) is 123 cm³/mol. The monoisotopic (exact) mass is 436 g/mol. The molecule has 32 heavy (non-hydrogen) atoms. The smallest absolute Gasteiger partial charge is 0.263 e. The molecule has 3 aromatic rings. The fourth-order valence-electron chi connectivity index (χ4n) is 3.63. The van der Waals surface area contributed by atoms with Gasteiger partial charge < -0.3 is 25.4 Å². The number of nitrogens with zero attached hydrogens (tertiary/aromatic N) is 3. The van der Waals surface area contributed by atoms with Gasteiger partial charge in [-0.2, -0.15) is 4.39 Å².